The smallest absolute Gasteiger partial charge is 0.229 e. The molecular formula is C12H25NO2. The first kappa shape index (κ1) is 14.4. The highest BCUT2D eigenvalue weighted by Crippen LogP contribution is 2.22. The monoisotopic (exact) mass is 215 g/mol. The Morgan fingerprint density at radius 2 is 1.93 bits per heavy atom. The summed E-state index contributed by atoms with van der Waals surface area (Å²) < 4.78 is 5.40. The van der Waals surface area contributed by atoms with E-state index in [1.165, 1.54) is 0 Å². The molecule has 3 heteroatoms. The van der Waals surface area contributed by atoms with E-state index in [4.69, 9.17) is 4.74 Å². The third-order valence-electron chi connectivity index (χ3n) is 2.74. The minimum atomic E-state index is -0.275. The van der Waals surface area contributed by atoms with E-state index in [0.717, 1.165) is 25.9 Å². The highest BCUT2D eigenvalue weighted by atomic mass is 16.5. The molecule has 15 heavy (non-hydrogen) atoms. The molecule has 0 spiro atoms. The van der Waals surface area contributed by atoms with Crippen molar-refractivity contribution in [2.75, 3.05) is 20.4 Å². The van der Waals surface area contributed by atoms with Gasteiger partial charge in [-0.3, -0.25) is 4.79 Å². The molecular weight excluding hydrogens is 190 g/mol. The van der Waals surface area contributed by atoms with Crippen molar-refractivity contribution in [2.24, 2.45) is 5.41 Å². The van der Waals surface area contributed by atoms with Gasteiger partial charge >= 0.3 is 0 Å². The molecule has 90 valence electrons. The molecule has 0 bridgehead atoms. The number of hydrogen-bond donors (Lipinski definition) is 0. The highest BCUT2D eigenvalue weighted by Gasteiger charge is 2.28. The standard InChI is InChI=1S/C12H25NO2/c1-6-8-9-15-10-13(5)11(14)12(3,4)7-2/h6-10H2,1-5H3. The van der Waals surface area contributed by atoms with Gasteiger partial charge in [0, 0.05) is 19.1 Å². The van der Waals surface area contributed by atoms with E-state index in [1.807, 2.05) is 20.8 Å². The second kappa shape index (κ2) is 6.83. The van der Waals surface area contributed by atoms with Crippen LogP contribution in [-0.4, -0.2) is 31.2 Å². The SMILES string of the molecule is CCCCOCN(C)C(=O)C(C)(C)CC. The predicted octanol–water partition coefficient (Wildman–Crippen LogP) is 2.66. The maximum Gasteiger partial charge on any atom is 0.229 e. The van der Waals surface area contributed by atoms with Gasteiger partial charge in [-0.1, -0.05) is 34.1 Å². The quantitative estimate of drug-likeness (QED) is 0.482. The summed E-state index contributed by atoms with van der Waals surface area (Å²) in [5.41, 5.74) is -0.275. The van der Waals surface area contributed by atoms with Crippen LogP contribution in [0, 0.1) is 5.41 Å². The summed E-state index contributed by atoms with van der Waals surface area (Å²) in [7, 11) is 1.80. The molecule has 0 saturated carbocycles. The van der Waals surface area contributed by atoms with Crippen LogP contribution >= 0.6 is 0 Å². The Bertz CT molecular complexity index is 190. The predicted molar refractivity (Wildman–Crippen MR) is 62.6 cm³/mol. The Morgan fingerprint density at radius 3 is 2.40 bits per heavy atom. The number of ether oxygens (including phenoxy) is 1. The van der Waals surface area contributed by atoms with Gasteiger partial charge in [-0.25, -0.2) is 0 Å². The summed E-state index contributed by atoms with van der Waals surface area (Å²) in [5, 5.41) is 0. The summed E-state index contributed by atoms with van der Waals surface area (Å²) in [6, 6.07) is 0. The van der Waals surface area contributed by atoms with E-state index in [0.29, 0.717) is 6.73 Å². The second-order valence-electron chi connectivity index (χ2n) is 4.63. The molecule has 0 atom stereocenters. The minimum Gasteiger partial charge on any atom is -0.361 e. The lowest BCUT2D eigenvalue weighted by molar-refractivity contribution is -0.144. The number of unbranched alkanes of at least 4 members (excludes halogenated alkanes) is 1. The van der Waals surface area contributed by atoms with Crippen molar-refractivity contribution in [2.45, 2.75) is 47.0 Å². The van der Waals surface area contributed by atoms with Crippen molar-refractivity contribution in [3.05, 3.63) is 0 Å². The summed E-state index contributed by atoms with van der Waals surface area (Å²) >= 11 is 0. The van der Waals surface area contributed by atoms with Gasteiger partial charge in [0.25, 0.3) is 0 Å². The molecule has 0 radical (unpaired) electrons. The van der Waals surface area contributed by atoms with Crippen LogP contribution in [0.25, 0.3) is 0 Å². The number of carbonyl (C=O) groups is 1. The zero-order valence-electron chi connectivity index (χ0n) is 10.8. The molecule has 3 nitrogen and oxygen atoms in total. The van der Waals surface area contributed by atoms with Crippen LogP contribution in [0.1, 0.15) is 47.0 Å². The largest absolute Gasteiger partial charge is 0.361 e. The lowest BCUT2D eigenvalue weighted by atomic mass is 9.89. The van der Waals surface area contributed by atoms with E-state index >= 15 is 0 Å². The van der Waals surface area contributed by atoms with Crippen LogP contribution in [-0.2, 0) is 9.53 Å². The first-order valence-electron chi connectivity index (χ1n) is 5.79. The Balaban J connectivity index is 3.89. The lowest BCUT2D eigenvalue weighted by Gasteiger charge is -2.28. The number of carbonyl (C=O) groups excluding carboxylic acids is 1. The molecule has 0 unspecified atom stereocenters. The Morgan fingerprint density at radius 1 is 1.33 bits per heavy atom. The molecule has 0 heterocycles. The molecule has 0 fully saturated rings. The van der Waals surface area contributed by atoms with Gasteiger partial charge in [0.05, 0.1) is 0 Å². The molecule has 0 aromatic rings. The van der Waals surface area contributed by atoms with Gasteiger partial charge < -0.3 is 9.64 Å². The van der Waals surface area contributed by atoms with E-state index < -0.39 is 0 Å². The molecule has 0 N–H and O–H groups in total. The fraction of sp³-hybridized carbons (Fsp3) is 0.917. The Kier molecular flexibility index (Phi) is 6.57. The number of amides is 1. The van der Waals surface area contributed by atoms with Crippen LogP contribution in [0.3, 0.4) is 0 Å². The lowest BCUT2D eigenvalue weighted by Crippen LogP contribution is -2.39. The van der Waals surface area contributed by atoms with E-state index in [2.05, 4.69) is 6.92 Å². The number of hydrogen-bond acceptors (Lipinski definition) is 2. The van der Waals surface area contributed by atoms with E-state index in [9.17, 15) is 4.79 Å². The van der Waals surface area contributed by atoms with Crippen LogP contribution in [0.2, 0.25) is 0 Å². The normalized spacial score (nSPS) is 11.5. The molecule has 0 aliphatic rings. The van der Waals surface area contributed by atoms with Crippen molar-refractivity contribution >= 4 is 5.91 Å². The second-order valence-corrected chi connectivity index (χ2v) is 4.63. The van der Waals surface area contributed by atoms with Crippen molar-refractivity contribution in [3.63, 3.8) is 0 Å². The maximum absolute atomic E-state index is 11.9. The fourth-order valence-electron chi connectivity index (χ4n) is 1.17. The minimum absolute atomic E-state index is 0.154. The average Bonchev–Trinajstić information content (AvgIpc) is 2.23. The molecule has 0 rings (SSSR count). The van der Waals surface area contributed by atoms with Gasteiger partial charge in [-0.15, -0.1) is 0 Å². The zero-order chi connectivity index (χ0) is 11.9. The van der Waals surface area contributed by atoms with Crippen molar-refractivity contribution in [1.82, 2.24) is 4.90 Å². The third-order valence-corrected chi connectivity index (χ3v) is 2.74. The van der Waals surface area contributed by atoms with Gasteiger partial charge in [0.1, 0.15) is 6.73 Å². The number of rotatable bonds is 7. The van der Waals surface area contributed by atoms with Gasteiger partial charge in [0.2, 0.25) is 5.91 Å². The fourth-order valence-corrected chi connectivity index (χ4v) is 1.17. The molecule has 0 aliphatic heterocycles. The topological polar surface area (TPSA) is 29.5 Å². The molecule has 0 saturated heterocycles. The molecule has 0 aromatic carbocycles. The average molecular weight is 215 g/mol. The Labute approximate surface area is 93.8 Å². The van der Waals surface area contributed by atoms with Gasteiger partial charge in [-0.05, 0) is 12.8 Å². The number of nitrogens with zero attached hydrogens (tertiary/aromatic N) is 1. The summed E-state index contributed by atoms with van der Waals surface area (Å²) in [6.07, 6.45) is 3.03. The maximum atomic E-state index is 11.9. The first-order chi connectivity index (χ1) is 6.95. The van der Waals surface area contributed by atoms with Crippen molar-refractivity contribution in [3.8, 4) is 0 Å². The summed E-state index contributed by atoms with van der Waals surface area (Å²) in [5.74, 6) is 0.154. The van der Waals surface area contributed by atoms with Crippen molar-refractivity contribution in [1.29, 1.82) is 0 Å². The van der Waals surface area contributed by atoms with Gasteiger partial charge in [-0.2, -0.15) is 0 Å². The molecule has 1 amide bonds. The highest BCUT2D eigenvalue weighted by molar-refractivity contribution is 5.81. The zero-order valence-corrected chi connectivity index (χ0v) is 10.8. The molecule has 0 aliphatic carbocycles. The summed E-state index contributed by atoms with van der Waals surface area (Å²) in [4.78, 5) is 13.6. The van der Waals surface area contributed by atoms with Crippen LogP contribution in [0.4, 0.5) is 0 Å². The van der Waals surface area contributed by atoms with Crippen LogP contribution in [0.5, 0.6) is 0 Å². The Hall–Kier alpha value is -0.570. The van der Waals surface area contributed by atoms with Crippen LogP contribution in [0.15, 0.2) is 0 Å². The van der Waals surface area contributed by atoms with E-state index in [1.54, 1.807) is 11.9 Å². The van der Waals surface area contributed by atoms with Crippen molar-refractivity contribution < 1.29 is 9.53 Å². The van der Waals surface area contributed by atoms with E-state index in [-0.39, 0.29) is 11.3 Å². The third kappa shape index (κ3) is 5.17. The molecule has 0 aromatic heterocycles. The van der Waals surface area contributed by atoms with Gasteiger partial charge in [0.15, 0.2) is 0 Å². The summed E-state index contributed by atoms with van der Waals surface area (Å²) in [6.45, 7) is 9.24. The first-order valence-corrected chi connectivity index (χ1v) is 5.79. The van der Waals surface area contributed by atoms with Crippen LogP contribution < -0.4 is 0 Å².